The van der Waals surface area contributed by atoms with E-state index in [-0.39, 0.29) is 25.0 Å². The van der Waals surface area contributed by atoms with Crippen LogP contribution < -0.4 is 10.5 Å². The molecule has 0 amide bonds. The molecular formula is C7H16N4O3S. The van der Waals surface area contributed by atoms with Crippen molar-refractivity contribution in [2.24, 2.45) is 10.9 Å². The smallest absolute Gasteiger partial charge is 0.280 e. The van der Waals surface area contributed by atoms with Crippen molar-refractivity contribution in [3.63, 3.8) is 0 Å². The summed E-state index contributed by atoms with van der Waals surface area (Å²) in [6.07, 6.45) is 1.75. The van der Waals surface area contributed by atoms with Gasteiger partial charge in [0.1, 0.15) is 0 Å². The molecule has 0 radical (unpaired) electrons. The highest BCUT2D eigenvalue weighted by Crippen LogP contribution is 2.20. The Morgan fingerprint density at radius 3 is 2.67 bits per heavy atom. The Balaban J connectivity index is 2.62. The van der Waals surface area contributed by atoms with Crippen molar-refractivity contribution in [3.8, 4) is 0 Å². The molecule has 0 aromatic heterocycles. The molecule has 1 saturated carbocycles. The van der Waals surface area contributed by atoms with Crippen molar-refractivity contribution < 1.29 is 13.6 Å². The predicted molar refractivity (Wildman–Crippen MR) is 55.7 cm³/mol. The number of hydrogen-bond acceptors (Lipinski definition) is 4. The molecule has 0 unspecified atom stereocenters. The first-order valence-corrected chi connectivity index (χ1v) is 6.17. The molecule has 1 aliphatic rings. The fraction of sp³-hybridized carbons (Fsp3) is 0.857. The zero-order chi connectivity index (χ0) is 11.5. The third-order valence-corrected chi connectivity index (χ3v) is 3.75. The second kappa shape index (κ2) is 4.77. The number of hydrogen-bond donors (Lipinski definition) is 3. The Bertz CT molecular complexity index is 336. The normalized spacial score (nSPS) is 18.4. The van der Waals surface area contributed by atoms with Crippen LogP contribution in [-0.4, -0.2) is 42.9 Å². The van der Waals surface area contributed by atoms with Crippen molar-refractivity contribution in [1.29, 1.82) is 0 Å². The van der Waals surface area contributed by atoms with Crippen molar-refractivity contribution in [1.82, 2.24) is 9.03 Å². The quantitative estimate of drug-likeness (QED) is 0.239. The van der Waals surface area contributed by atoms with E-state index in [2.05, 4.69) is 9.88 Å². The molecule has 88 valence electrons. The molecule has 0 aromatic rings. The molecule has 4 N–H and O–H groups in total. The van der Waals surface area contributed by atoms with Gasteiger partial charge >= 0.3 is 0 Å². The van der Waals surface area contributed by atoms with E-state index in [1.54, 1.807) is 6.92 Å². The highest BCUT2D eigenvalue weighted by Gasteiger charge is 2.30. The zero-order valence-electron chi connectivity index (χ0n) is 8.55. The molecule has 0 saturated heterocycles. The molecule has 0 aliphatic heterocycles. The summed E-state index contributed by atoms with van der Waals surface area (Å²) < 4.78 is 27.0. The van der Waals surface area contributed by atoms with E-state index in [9.17, 15) is 8.42 Å². The standard InChI is InChI=1S/C7H16N4O3S/c1-2-11(5-7(8)9-12)15(13,14)10-6-3-4-6/h6,10,12H,2-5H2,1H3,(H2,8,9). The van der Waals surface area contributed by atoms with Crippen LogP contribution >= 0.6 is 0 Å². The number of oxime groups is 1. The maximum absolute atomic E-state index is 11.7. The van der Waals surface area contributed by atoms with Crippen LogP contribution in [0.1, 0.15) is 19.8 Å². The fourth-order valence-electron chi connectivity index (χ4n) is 1.07. The van der Waals surface area contributed by atoms with Gasteiger partial charge in [0.2, 0.25) is 0 Å². The van der Waals surface area contributed by atoms with Crippen molar-refractivity contribution in [2.75, 3.05) is 13.1 Å². The van der Waals surface area contributed by atoms with Gasteiger partial charge < -0.3 is 10.9 Å². The Labute approximate surface area is 89.1 Å². The average Bonchev–Trinajstić information content (AvgIpc) is 2.96. The molecule has 8 heteroatoms. The van der Waals surface area contributed by atoms with Gasteiger partial charge in [0.05, 0.1) is 6.54 Å². The lowest BCUT2D eigenvalue weighted by Crippen LogP contribution is -2.45. The maximum Gasteiger partial charge on any atom is 0.280 e. The maximum atomic E-state index is 11.7. The first-order valence-electron chi connectivity index (χ1n) is 4.73. The summed E-state index contributed by atoms with van der Waals surface area (Å²) in [7, 11) is -3.50. The van der Waals surface area contributed by atoms with E-state index in [1.165, 1.54) is 0 Å². The van der Waals surface area contributed by atoms with Gasteiger partial charge in [-0.05, 0) is 12.8 Å². The van der Waals surface area contributed by atoms with Crippen LogP contribution in [0, 0.1) is 0 Å². The molecule has 0 spiro atoms. The predicted octanol–water partition coefficient (Wildman–Crippen LogP) is -0.948. The molecule has 0 bridgehead atoms. The molecule has 1 rings (SSSR count). The third-order valence-electron chi connectivity index (χ3n) is 2.05. The Morgan fingerprint density at radius 2 is 2.27 bits per heavy atom. The van der Waals surface area contributed by atoms with Crippen LogP contribution in [0.15, 0.2) is 5.16 Å². The molecule has 7 nitrogen and oxygen atoms in total. The van der Waals surface area contributed by atoms with Crippen LogP contribution in [0.5, 0.6) is 0 Å². The minimum absolute atomic E-state index is 0.0522. The second-order valence-corrected chi connectivity index (χ2v) is 5.12. The number of nitrogens with zero attached hydrogens (tertiary/aromatic N) is 2. The van der Waals surface area contributed by atoms with E-state index in [4.69, 9.17) is 10.9 Å². The van der Waals surface area contributed by atoms with Gasteiger partial charge in [-0.15, -0.1) is 0 Å². The first-order chi connectivity index (χ1) is 6.99. The molecule has 1 aliphatic carbocycles. The number of amidine groups is 1. The summed E-state index contributed by atoms with van der Waals surface area (Å²) in [4.78, 5) is 0. The summed E-state index contributed by atoms with van der Waals surface area (Å²) in [6.45, 7) is 1.87. The van der Waals surface area contributed by atoms with Crippen LogP contribution in [-0.2, 0) is 10.2 Å². The number of nitrogens with one attached hydrogen (secondary N) is 1. The zero-order valence-corrected chi connectivity index (χ0v) is 9.37. The highest BCUT2D eigenvalue weighted by atomic mass is 32.2. The van der Waals surface area contributed by atoms with Gasteiger partial charge in [-0.1, -0.05) is 12.1 Å². The Hall–Kier alpha value is -0.860. The summed E-state index contributed by atoms with van der Waals surface area (Å²) in [6, 6.07) is 0.0522. The molecule has 15 heavy (non-hydrogen) atoms. The second-order valence-electron chi connectivity index (χ2n) is 3.41. The SMILES string of the molecule is CCN(CC(N)=NO)S(=O)(=O)NC1CC1. The summed E-state index contributed by atoms with van der Waals surface area (Å²) in [5.41, 5.74) is 5.26. The number of rotatable bonds is 6. The summed E-state index contributed by atoms with van der Waals surface area (Å²) in [5.74, 6) is -0.127. The summed E-state index contributed by atoms with van der Waals surface area (Å²) in [5, 5.41) is 11.1. The average molecular weight is 236 g/mol. The van der Waals surface area contributed by atoms with E-state index in [0.29, 0.717) is 0 Å². The van der Waals surface area contributed by atoms with Crippen LogP contribution in [0.4, 0.5) is 0 Å². The molecule has 0 atom stereocenters. The van der Waals surface area contributed by atoms with Crippen LogP contribution in [0.2, 0.25) is 0 Å². The number of nitrogens with two attached hydrogens (primary N) is 1. The first kappa shape index (κ1) is 12.2. The minimum atomic E-state index is -3.50. The van der Waals surface area contributed by atoms with Gasteiger partial charge in [-0.2, -0.15) is 17.4 Å². The fourth-order valence-corrected chi connectivity index (χ4v) is 2.51. The third kappa shape index (κ3) is 3.65. The van der Waals surface area contributed by atoms with Crippen molar-refractivity contribution in [2.45, 2.75) is 25.8 Å². The van der Waals surface area contributed by atoms with Crippen LogP contribution in [0.25, 0.3) is 0 Å². The van der Waals surface area contributed by atoms with E-state index in [0.717, 1.165) is 17.1 Å². The minimum Gasteiger partial charge on any atom is -0.409 e. The summed E-state index contributed by atoms with van der Waals surface area (Å²) >= 11 is 0. The van der Waals surface area contributed by atoms with Gasteiger partial charge in [-0.25, -0.2) is 0 Å². The van der Waals surface area contributed by atoms with E-state index >= 15 is 0 Å². The lowest BCUT2D eigenvalue weighted by atomic mass is 10.6. The number of likely N-dealkylation sites (N-methyl/N-ethyl adjacent to an activating group) is 1. The highest BCUT2D eigenvalue weighted by molar-refractivity contribution is 7.87. The lowest BCUT2D eigenvalue weighted by Gasteiger charge is -2.19. The van der Waals surface area contributed by atoms with Gasteiger partial charge in [0.25, 0.3) is 10.2 Å². The van der Waals surface area contributed by atoms with Crippen molar-refractivity contribution in [3.05, 3.63) is 0 Å². The van der Waals surface area contributed by atoms with Gasteiger partial charge in [0.15, 0.2) is 5.84 Å². The Morgan fingerprint density at radius 1 is 1.67 bits per heavy atom. The monoisotopic (exact) mass is 236 g/mol. The topological polar surface area (TPSA) is 108 Å². The van der Waals surface area contributed by atoms with Crippen molar-refractivity contribution >= 4 is 16.0 Å². The largest absolute Gasteiger partial charge is 0.409 e. The van der Waals surface area contributed by atoms with Gasteiger partial charge in [0, 0.05) is 12.6 Å². The molecular weight excluding hydrogens is 220 g/mol. The van der Waals surface area contributed by atoms with Gasteiger partial charge in [-0.3, -0.25) is 0 Å². The van der Waals surface area contributed by atoms with E-state index < -0.39 is 10.2 Å². The molecule has 0 heterocycles. The molecule has 1 fully saturated rings. The Kier molecular flexibility index (Phi) is 3.89. The van der Waals surface area contributed by atoms with Crippen LogP contribution in [0.3, 0.4) is 0 Å². The van der Waals surface area contributed by atoms with E-state index in [1.807, 2.05) is 0 Å². The molecule has 0 aromatic carbocycles. The lowest BCUT2D eigenvalue weighted by molar-refractivity contribution is 0.315.